The number of rotatable bonds is 8. The zero-order valence-electron chi connectivity index (χ0n) is 20.8. The standard InChI is InChI=1S/C30H31NO5S/c1-37(35,36)28-17-15-25(16-18-28)24-13-10-23(11-14-24)21-31(30(34)26-7-3-2-4-8-26)27-9-5-6-22(20-27)12-19-29(32)33/h5-6,9-20,26H,2-4,7-8,21H2,1H3,(H,32,33). The summed E-state index contributed by atoms with van der Waals surface area (Å²) in [6.45, 7) is 0.398. The van der Waals surface area contributed by atoms with Gasteiger partial charge in [0, 0.05) is 23.9 Å². The largest absolute Gasteiger partial charge is 0.478 e. The highest BCUT2D eigenvalue weighted by molar-refractivity contribution is 7.90. The van der Waals surface area contributed by atoms with Crippen LogP contribution in [0.4, 0.5) is 5.69 Å². The van der Waals surface area contributed by atoms with Crippen molar-refractivity contribution in [1.82, 2.24) is 0 Å². The molecule has 0 aliphatic heterocycles. The lowest BCUT2D eigenvalue weighted by Crippen LogP contribution is -2.36. The first-order valence-corrected chi connectivity index (χ1v) is 14.3. The van der Waals surface area contributed by atoms with Crippen LogP contribution < -0.4 is 4.90 Å². The molecule has 1 fully saturated rings. The molecule has 6 nitrogen and oxygen atoms in total. The zero-order chi connectivity index (χ0) is 26.4. The Labute approximate surface area is 218 Å². The van der Waals surface area contributed by atoms with Crippen molar-refractivity contribution in [3.63, 3.8) is 0 Å². The van der Waals surface area contributed by atoms with Gasteiger partial charge in [0.15, 0.2) is 9.84 Å². The molecule has 37 heavy (non-hydrogen) atoms. The normalized spacial score (nSPS) is 14.5. The van der Waals surface area contributed by atoms with E-state index in [1.807, 2.05) is 53.4 Å². The summed E-state index contributed by atoms with van der Waals surface area (Å²) >= 11 is 0. The van der Waals surface area contributed by atoms with Crippen molar-refractivity contribution < 1.29 is 23.1 Å². The first-order valence-electron chi connectivity index (χ1n) is 12.4. The van der Waals surface area contributed by atoms with E-state index in [1.165, 1.54) is 12.3 Å². The maximum atomic E-state index is 13.6. The van der Waals surface area contributed by atoms with Crippen LogP contribution in [0.1, 0.15) is 43.2 Å². The summed E-state index contributed by atoms with van der Waals surface area (Å²) in [6, 6.07) is 22.1. The molecule has 0 heterocycles. The van der Waals surface area contributed by atoms with Gasteiger partial charge < -0.3 is 10.0 Å². The summed E-state index contributed by atoms with van der Waals surface area (Å²) in [6.07, 6.45) is 8.84. The molecule has 4 rings (SSSR count). The first-order chi connectivity index (χ1) is 17.7. The van der Waals surface area contributed by atoms with Crippen LogP contribution in [-0.2, 0) is 26.0 Å². The molecule has 1 N–H and O–H groups in total. The second-order valence-corrected chi connectivity index (χ2v) is 11.5. The Bertz CT molecular complexity index is 1390. The Morgan fingerprint density at radius 1 is 0.919 bits per heavy atom. The molecule has 0 unspecified atom stereocenters. The number of hydrogen-bond acceptors (Lipinski definition) is 4. The molecule has 3 aromatic carbocycles. The Kier molecular flexibility index (Phi) is 8.24. The van der Waals surface area contributed by atoms with Crippen molar-refractivity contribution in [3.05, 3.63) is 90.0 Å². The van der Waals surface area contributed by atoms with Crippen LogP contribution in [0.25, 0.3) is 17.2 Å². The molecule has 1 amide bonds. The van der Waals surface area contributed by atoms with Crippen molar-refractivity contribution in [1.29, 1.82) is 0 Å². The third kappa shape index (κ3) is 6.95. The van der Waals surface area contributed by atoms with Gasteiger partial charge in [0.1, 0.15) is 0 Å². The Hall–Kier alpha value is -3.71. The number of hydrogen-bond donors (Lipinski definition) is 1. The minimum atomic E-state index is -3.25. The third-order valence-corrected chi connectivity index (χ3v) is 7.86. The zero-order valence-corrected chi connectivity index (χ0v) is 21.7. The van der Waals surface area contributed by atoms with Crippen molar-refractivity contribution in [3.8, 4) is 11.1 Å². The number of nitrogens with zero attached hydrogens (tertiary/aromatic N) is 1. The minimum absolute atomic E-state index is 0.0143. The molecule has 1 saturated carbocycles. The van der Waals surface area contributed by atoms with Gasteiger partial charge in [0.2, 0.25) is 5.91 Å². The monoisotopic (exact) mass is 517 g/mol. The molecule has 0 saturated heterocycles. The van der Waals surface area contributed by atoms with Crippen LogP contribution in [0, 0.1) is 5.92 Å². The van der Waals surface area contributed by atoms with Gasteiger partial charge >= 0.3 is 5.97 Å². The third-order valence-electron chi connectivity index (χ3n) is 6.73. The van der Waals surface area contributed by atoms with Crippen LogP contribution in [0.3, 0.4) is 0 Å². The summed E-state index contributed by atoms with van der Waals surface area (Å²) in [5, 5.41) is 8.98. The molecular formula is C30H31NO5S. The number of sulfone groups is 1. The maximum Gasteiger partial charge on any atom is 0.328 e. The summed E-state index contributed by atoms with van der Waals surface area (Å²) in [4.78, 5) is 26.7. The second-order valence-electron chi connectivity index (χ2n) is 9.52. The van der Waals surface area contributed by atoms with Gasteiger partial charge in [0.25, 0.3) is 0 Å². The molecule has 0 aromatic heterocycles. The smallest absolute Gasteiger partial charge is 0.328 e. The SMILES string of the molecule is CS(=O)(=O)c1ccc(-c2ccc(CN(C(=O)C3CCCCC3)c3cccc(C=CC(=O)O)c3)cc2)cc1. The average molecular weight is 518 g/mol. The fraction of sp³-hybridized carbons (Fsp3) is 0.267. The highest BCUT2D eigenvalue weighted by Crippen LogP contribution is 2.30. The minimum Gasteiger partial charge on any atom is -0.478 e. The maximum absolute atomic E-state index is 13.6. The van der Waals surface area contributed by atoms with E-state index in [0.29, 0.717) is 12.1 Å². The van der Waals surface area contributed by atoms with Crippen LogP contribution in [0.2, 0.25) is 0 Å². The quantitative estimate of drug-likeness (QED) is 0.372. The highest BCUT2D eigenvalue weighted by atomic mass is 32.2. The summed E-state index contributed by atoms with van der Waals surface area (Å²) in [5.74, 6) is -0.939. The fourth-order valence-electron chi connectivity index (χ4n) is 4.71. The lowest BCUT2D eigenvalue weighted by molar-refractivity contribution is -0.131. The molecule has 0 spiro atoms. The summed E-state index contributed by atoms with van der Waals surface area (Å²) < 4.78 is 23.5. The molecule has 7 heteroatoms. The second kappa shape index (κ2) is 11.6. The van der Waals surface area contributed by atoms with Crippen molar-refractivity contribution in [2.24, 2.45) is 5.92 Å². The average Bonchev–Trinajstić information content (AvgIpc) is 2.91. The van der Waals surface area contributed by atoms with Gasteiger partial charge in [-0.25, -0.2) is 13.2 Å². The molecule has 1 aliphatic rings. The molecule has 3 aromatic rings. The van der Waals surface area contributed by atoms with Crippen molar-refractivity contribution in [2.45, 2.75) is 43.5 Å². The number of aliphatic carboxylic acids is 1. The van der Waals surface area contributed by atoms with Gasteiger partial charge in [-0.05, 0) is 65.4 Å². The molecule has 1 aliphatic carbocycles. The number of carbonyl (C=O) groups excluding carboxylic acids is 1. The molecule has 0 atom stereocenters. The van der Waals surface area contributed by atoms with Crippen LogP contribution in [-0.4, -0.2) is 31.7 Å². The first kappa shape index (κ1) is 26.4. The Balaban J connectivity index is 1.59. The van der Waals surface area contributed by atoms with Crippen LogP contribution in [0.5, 0.6) is 0 Å². The van der Waals surface area contributed by atoms with E-state index in [0.717, 1.165) is 60.6 Å². The lowest BCUT2D eigenvalue weighted by Gasteiger charge is -2.30. The summed E-state index contributed by atoms with van der Waals surface area (Å²) in [5.41, 5.74) is 4.28. The number of amides is 1. The number of carboxylic acid groups (broad SMARTS) is 1. The van der Waals surface area contributed by atoms with Gasteiger partial charge in [-0.3, -0.25) is 4.79 Å². The number of carbonyl (C=O) groups is 2. The molecule has 0 radical (unpaired) electrons. The number of anilines is 1. The topological polar surface area (TPSA) is 91.8 Å². The fourth-order valence-corrected chi connectivity index (χ4v) is 5.34. The van der Waals surface area contributed by atoms with Crippen molar-refractivity contribution in [2.75, 3.05) is 11.2 Å². The molecule has 0 bridgehead atoms. The van der Waals surface area contributed by atoms with Crippen LogP contribution in [0.15, 0.2) is 83.8 Å². The van der Waals surface area contributed by atoms with Crippen LogP contribution >= 0.6 is 0 Å². The predicted molar refractivity (Wildman–Crippen MR) is 146 cm³/mol. The van der Waals surface area contributed by atoms with E-state index in [9.17, 15) is 18.0 Å². The van der Waals surface area contributed by atoms with Gasteiger partial charge in [-0.1, -0.05) is 67.8 Å². The van der Waals surface area contributed by atoms with Crippen molar-refractivity contribution >= 4 is 33.5 Å². The number of carboxylic acids is 1. The predicted octanol–water partition coefficient (Wildman–Crippen LogP) is 5.97. The van der Waals surface area contributed by atoms with E-state index in [1.54, 1.807) is 24.3 Å². The molecule has 192 valence electrons. The van der Waals surface area contributed by atoms with E-state index in [2.05, 4.69) is 0 Å². The van der Waals surface area contributed by atoms with E-state index in [-0.39, 0.29) is 16.7 Å². The highest BCUT2D eigenvalue weighted by Gasteiger charge is 2.27. The Morgan fingerprint density at radius 2 is 1.54 bits per heavy atom. The van der Waals surface area contributed by atoms with E-state index < -0.39 is 15.8 Å². The van der Waals surface area contributed by atoms with Gasteiger partial charge in [0.05, 0.1) is 11.4 Å². The summed E-state index contributed by atoms with van der Waals surface area (Å²) in [7, 11) is -3.25. The van der Waals surface area contributed by atoms with E-state index in [4.69, 9.17) is 5.11 Å². The van der Waals surface area contributed by atoms with Gasteiger partial charge in [-0.2, -0.15) is 0 Å². The Morgan fingerprint density at radius 3 is 2.14 bits per heavy atom. The van der Waals surface area contributed by atoms with Gasteiger partial charge in [-0.15, -0.1) is 0 Å². The molecular weight excluding hydrogens is 486 g/mol. The lowest BCUT2D eigenvalue weighted by atomic mass is 9.88. The number of benzene rings is 3. The van der Waals surface area contributed by atoms with E-state index >= 15 is 0 Å².